The molecule has 0 saturated carbocycles. The van der Waals surface area contributed by atoms with Gasteiger partial charge in [0.2, 0.25) is 0 Å². The summed E-state index contributed by atoms with van der Waals surface area (Å²) in [5, 5.41) is 2.58. The largest absolute Gasteiger partial charge is 0.0651 e. The second-order valence-electron chi connectivity index (χ2n) is 3.67. The normalized spacial score (nSPS) is 10.7. The van der Waals surface area contributed by atoms with Crippen LogP contribution in [0.4, 0.5) is 0 Å². The topological polar surface area (TPSA) is 0 Å². The molecule has 0 unspecified atom stereocenters. The monoisotopic (exact) mass is 183 g/mol. The smallest absolute Gasteiger partial charge is 0.0149 e. The van der Waals surface area contributed by atoms with Gasteiger partial charge in [0, 0.05) is 0 Å². The standard InChI is InChI=1S/C14H15/c1-3-6-12-9-10-13-7-4-5-8-14(13)11(12)2/h4-5,7-10H,2-3,6H2,1H3. The van der Waals surface area contributed by atoms with Crippen molar-refractivity contribution in [3.8, 4) is 0 Å². The highest BCUT2D eigenvalue weighted by Crippen LogP contribution is 2.22. The van der Waals surface area contributed by atoms with Gasteiger partial charge in [0.25, 0.3) is 0 Å². The van der Waals surface area contributed by atoms with Crippen LogP contribution in [0.2, 0.25) is 0 Å². The minimum atomic E-state index is 1.13. The second kappa shape index (κ2) is 3.83. The fraction of sp³-hybridized carbons (Fsp3) is 0.214. The minimum absolute atomic E-state index is 1.13. The third-order valence-electron chi connectivity index (χ3n) is 2.66. The van der Waals surface area contributed by atoms with Crippen LogP contribution in [-0.4, -0.2) is 0 Å². The lowest BCUT2D eigenvalue weighted by atomic mass is 9.97. The number of benzene rings is 2. The molecule has 14 heavy (non-hydrogen) atoms. The van der Waals surface area contributed by atoms with Crippen molar-refractivity contribution in [1.82, 2.24) is 0 Å². The minimum Gasteiger partial charge on any atom is -0.0651 e. The second-order valence-corrected chi connectivity index (χ2v) is 3.67. The van der Waals surface area contributed by atoms with E-state index in [2.05, 4.69) is 50.2 Å². The van der Waals surface area contributed by atoms with Crippen LogP contribution in [0.25, 0.3) is 10.8 Å². The van der Waals surface area contributed by atoms with E-state index in [0.717, 1.165) is 6.42 Å². The first kappa shape index (κ1) is 9.26. The number of hydrogen-bond donors (Lipinski definition) is 0. The maximum Gasteiger partial charge on any atom is -0.0149 e. The van der Waals surface area contributed by atoms with Crippen LogP contribution in [0.1, 0.15) is 24.5 Å². The summed E-state index contributed by atoms with van der Waals surface area (Å²) < 4.78 is 0. The van der Waals surface area contributed by atoms with E-state index in [4.69, 9.17) is 0 Å². The van der Waals surface area contributed by atoms with Crippen molar-refractivity contribution in [1.29, 1.82) is 0 Å². The molecule has 0 saturated heterocycles. The van der Waals surface area contributed by atoms with Crippen molar-refractivity contribution in [2.45, 2.75) is 19.8 Å². The molecule has 0 aromatic heterocycles. The maximum atomic E-state index is 4.17. The van der Waals surface area contributed by atoms with E-state index in [1.165, 1.54) is 28.3 Å². The molecule has 0 heteroatoms. The van der Waals surface area contributed by atoms with E-state index in [9.17, 15) is 0 Å². The molecule has 0 spiro atoms. The molecule has 0 atom stereocenters. The summed E-state index contributed by atoms with van der Waals surface area (Å²) in [6.45, 7) is 6.37. The Morgan fingerprint density at radius 2 is 1.86 bits per heavy atom. The van der Waals surface area contributed by atoms with Crippen molar-refractivity contribution >= 4 is 10.8 Å². The van der Waals surface area contributed by atoms with Crippen LogP contribution in [0.5, 0.6) is 0 Å². The lowest BCUT2D eigenvalue weighted by Crippen LogP contribution is -1.89. The summed E-state index contributed by atoms with van der Waals surface area (Å²) in [6, 6.07) is 12.8. The molecular weight excluding hydrogens is 168 g/mol. The first-order chi connectivity index (χ1) is 6.83. The van der Waals surface area contributed by atoms with Gasteiger partial charge in [-0.1, -0.05) is 49.7 Å². The SMILES string of the molecule is [CH2]c1c(CCC)ccc2ccccc12. The highest BCUT2D eigenvalue weighted by Gasteiger charge is 2.01. The predicted molar refractivity (Wildman–Crippen MR) is 62.4 cm³/mol. The Morgan fingerprint density at radius 1 is 1.07 bits per heavy atom. The van der Waals surface area contributed by atoms with Gasteiger partial charge in [-0.05, 0) is 35.2 Å². The molecule has 0 amide bonds. The highest BCUT2D eigenvalue weighted by molar-refractivity contribution is 5.87. The third kappa shape index (κ3) is 1.52. The molecule has 2 aromatic carbocycles. The lowest BCUT2D eigenvalue weighted by molar-refractivity contribution is 0.920. The van der Waals surface area contributed by atoms with Gasteiger partial charge in [0.15, 0.2) is 0 Å². The van der Waals surface area contributed by atoms with E-state index in [-0.39, 0.29) is 0 Å². The zero-order chi connectivity index (χ0) is 9.97. The molecule has 71 valence electrons. The summed E-state index contributed by atoms with van der Waals surface area (Å²) in [5.74, 6) is 0. The molecule has 0 aliphatic carbocycles. The average Bonchev–Trinajstić information content (AvgIpc) is 2.23. The zero-order valence-electron chi connectivity index (χ0n) is 8.59. The fourth-order valence-corrected chi connectivity index (χ4v) is 1.88. The summed E-state index contributed by atoms with van der Waals surface area (Å²) in [6.07, 6.45) is 2.31. The first-order valence-corrected chi connectivity index (χ1v) is 5.15. The first-order valence-electron chi connectivity index (χ1n) is 5.15. The van der Waals surface area contributed by atoms with Crippen LogP contribution >= 0.6 is 0 Å². The molecule has 2 aromatic rings. The number of fused-ring (bicyclic) bond motifs is 1. The van der Waals surface area contributed by atoms with Crippen LogP contribution in [-0.2, 0) is 6.42 Å². The van der Waals surface area contributed by atoms with Gasteiger partial charge in [-0.3, -0.25) is 0 Å². The van der Waals surface area contributed by atoms with Crippen molar-refractivity contribution in [2.24, 2.45) is 0 Å². The number of aryl methyl sites for hydroxylation is 1. The molecular formula is C14H15. The molecule has 0 N–H and O–H groups in total. The van der Waals surface area contributed by atoms with Gasteiger partial charge in [-0.2, -0.15) is 0 Å². The van der Waals surface area contributed by atoms with Crippen LogP contribution in [0.15, 0.2) is 36.4 Å². The molecule has 0 fully saturated rings. The van der Waals surface area contributed by atoms with Crippen LogP contribution in [0.3, 0.4) is 0 Å². The number of hydrogen-bond acceptors (Lipinski definition) is 0. The summed E-state index contributed by atoms with van der Waals surface area (Å²) >= 11 is 0. The quantitative estimate of drug-likeness (QED) is 0.660. The molecule has 0 aliphatic rings. The molecule has 0 aliphatic heterocycles. The fourth-order valence-electron chi connectivity index (χ4n) is 1.88. The summed E-state index contributed by atoms with van der Waals surface area (Å²) in [4.78, 5) is 0. The summed E-state index contributed by atoms with van der Waals surface area (Å²) in [7, 11) is 0. The van der Waals surface area contributed by atoms with Crippen molar-refractivity contribution in [3.63, 3.8) is 0 Å². The van der Waals surface area contributed by atoms with Crippen LogP contribution < -0.4 is 0 Å². The van der Waals surface area contributed by atoms with E-state index in [0.29, 0.717) is 0 Å². The lowest BCUT2D eigenvalue weighted by Gasteiger charge is -2.07. The summed E-state index contributed by atoms with van der Waals surface area (Å²) in [5.41, 5.74) is 2.58. The maximum absolute atomic E-state index is 4.17. The Bertz CT molecular complexity index is 441. The van der Waals surface area contributed by atoms with E-state index in [1.54, 1.807) is 0 Å². The van der Waals surface area contributed by atoms with Gasteiger partial charge in [-0.15, -0.1) is 0 Å². The van der Waals surface area contributed by atoms with Gasteiger partial charge in [-0.25, -0.2) is 0 Å². The van der Waals surface area contributed by atoms with Gasteiger partial charge < -0.3 is 0 Å². The van der Waals surface area contributed by atoms with Gasteiger partial charge in [0.05, 0.1) is 0 Å². The Labute approximate surface area is 85.6 Å². The average molecular weight is 183 g/mol. The number of rotatable bonds is 2. The van der Waals surface area contributed by atoms with Crippen molar-refractivity contribution in [3.05, 3.63) is 54.4 Å². The van der Waals surface area contributed by atoms with Crippen molar-refractivity contribution in [2.75, 3.05) is 0 Å². The molecule has 0 heterocycles. The molecule has 0 bridgehead atoms. The Kier molecular flexibility index (Phi) is 2.53. The Hall–Kier alpha value is -1.30. The van der Waals surface area contributed by atoms with Crippen molar-refractivity contribution < 1.29 is 0 Å². The molecule has 1 radical (unpaired) electrons. The van der Waals surface area contributed by atoms with E-state index in [1.807, 2.05) is 0 Å². The Balaban J connectivity index is 2.63. The van der Waals surface area contributed by atoms with Gasteiger partial charge >= 0.3 is 0 Å². The van der Waals surface area contributed by atoms with Gasteiger partial charge in [0.1, 0.15) is 0 Å². The van der Waals surface area contributed by atoms with E-state index >= 15 is 0 Å². The third-order valence-corrected chi connectivity index (χ3v) is 2.66. The predicted octanol–water partition coefficient (Wildman–Crippen LogP) is 3.97. The highest BCUT2D eigenvalue weighted by atomic mass is 14.1. The van der Waals surface area contributed by atoms with Crippen LogP contribution in [0, 0.1) is 6.92 Å². The van der Waals surface area contributed by atoms with E-state index < -0.39 is 0 Å². The zero-order valence-corrected chi connectivity index (χ0v) is 8.59. The Morgan fingerprint density at radius 3 is 2.64 bits per heavy atom. The molecule has 0 nitrogen and oxygen atoms in total. The molecule has 2 rings (SSSR count).